The van der Waals surface area contributed by atoms with Gasteiger partial charge in [-0.2, -0.15) is 0 Å². The SMILES string of the molecule is COC1=C(C(=O)OC(c2ccccc2)c2ccccc2)N2C(=O)[C@@H](NC(=O)COc3ccccc3)[C@H]2SC1. The fourth-order valence-electron chi connectivity index (χ4n) is 4.36. The van der Waals surface area contributed by atoms with Crippen LogP contribution in [-0.2, 0) is 23.9 Å². The highest BCUT2D eigenvalue weighted by molar-refractivity contribution is 8.00. The number of nitrogens with one attached hydrogen (secondary N) is 1. The first-order valence-corrected chi connectivity index (χ1v) is 13.1. The highest BCUT2D eigenvalue weighted by Gasteiger charge is 2.55. The number of rotatable bonds is 9. The number of methoxy groups -OCH3 is 1. The fourth-order valence-corrected chi connectivity index (χ4v) is 5.68. The van der Waals surface area contributed by atoms with Crippen molar-refractivity contribution in [3.05, 3.63) is 114 Å². The van der Waals surface area contributed by atoms with Gasteiger partial charge in [-0.1, -0.05) is 78.9 Å². The number of nitrogens with zero attached hydrogens (tertiary/aromatic N) is 1. The molecule has 194 valence electrons. The minimum atomic E-state index is -0.785. The number of esters is 1. The summed E-state index contributed by atoms with van der Waals surface area (Å²) >= 11 is 1.41. The van der Waals surface area contributed by atoms with Crippen LogP contribution < -0.4 is 10.1 Å². The van der Waals surface area contributed by atoms with Gasteiger partial charge in [0, 0.05) is 0 Å². The molecule has 1 fully saturated rings. The maximum absolute atomic E-state index is 13.6. The molecule has 0 unspecified atom stereocenters. The Morgan fingerprint density at radius 1 is 0.947 bits per heavy atom. The minimum absolute atomic E-state index is 0.0594. The summed E-state index contributed by atoms with van der Waals surface area (Å²) in [6.07, 6.45) is -0.675. The Labute approximate surface area is 224 Å². The molecular weight excluding hydrogens is 504 g/mol. The van der Waals surface area contributed by atoms with Crippen molar-refractivity contribution in [3.8, 4) is 5.75 Å². The maximum Gasteiger partial charge on any atom is 0.359 e. The van der Waals surface area contributed by atoms with Gasteiger partial charge in [0.1, 0.15) is 22.9 Å². The summed E-state index contributed by atoms with van der Waals surface area (Å²) in [5.74, 6) is -0.250. The van der Waals surface area contributed by atoms with Crippen molar-refractivity contribution in [1.29, 1.82) is 0 Å². The quantitative estimate of drug-likeness (QED) is 0.333. The average molecular weight is 531 g/mol. The number of ether oxygens (including phenoxy) is 3. The van der Waals surface area contributed by atoms with E-state index in [-0.39, 0.29) is 12.3 Å². The van der Waals surface area contributed by atoms with Gasteiger partial charge in [-0.15, -0.1) is 11.8 Å². The first-order chi connectivity index (χ1) is 18.6. The molecule has 1 N–H and O–H groups in total. The second kappa shape index (κ2) is 11.4. The molecule has 2 aliphatic rings. The second-order valence-corrected chi connectivity index (χ2v) is 9.74. The van der Waals surface area contributed by atoms with E-state index in [1.54, 1.807) is 24.3 Å². The molecule has 0 saturated carbocycles. The molecule has 0 spiro atoms. The van der Waals surface area contributed by atoms with Gasteiger partial charge in [-0.3, -0.25) is 14.5 Å². The van der Waals surface area contributed by atoms with Crippen molar-refractivity contribution >= 4 is 29.5 Å². The highest BCUT2D eigenvalue weighted by Crippen LogP contribution is 2.41. The summed E-state index contributed by atoms with van der Waals surface area (Å²) in [6, 6.07) is 27.0. The molecule has 2 atom stereocenters. The first kappa shape index (κ1) is 25.4. The van der Waals surface area contributed by atoms with Gasteiger partial charge in [0.15, 0.2) is 18.4 Å². The highest BCUT2D eigenvalue weighted by atomic mass is 32.2. The maximum atomic E-state index is 13.6. The lowest BCUT2D eigenvalue weighted by Crippen LogP contribution is -2.71. The molecule has 2 aliphatic heterocycles. The zero-order valence-electron chi connectivity index (χ0n) is 20.6. The normalized spacial score (nSPS) is 18.4. The van der Waals surface area contributed by atoms with Crippen LogP contribution in [0.15, 0.2) is 102 Å². The van der Waals surface area contributed by atoms with Crippen molar-refractivity contribution in [1.82, 2.24) is 10.2 Å². The predicted molar refractivity (Wildman–Crippen MR) is 142 cm³/mol. The van der Waals surface area contributed by atoms with Crippen LogP contribution in [0.2, 0.25) is 0 Å². The molecule has 38 heavy (non-hydrogen) atoms. The average Bonchev–Trinajstić information content (AvgIpc) is 2.98. The van der Waals surface area contributed by atoms with E-state index in [0.29, 0.717) is 17.3 Å². The number of carbonyl (C=O) groups is 3. The zero-order chi connectivity index (χ0) is 26.5. The van der Waals surface area contributed by atoms with Crippen molar-refractivity contribution in [3.63, 3.8) is 0 Å². The Balaban J connectivity index is 1.31. The summed E-state index contributed by atoms with van der Waals surface area (Å²) in [5.41, 5.74) is 1.66. The van der Waals surface area contributed by atoms with Crippen LogP contribution in [0.1, 0.15) is 17.2 Å². The van der Waals surface area contributed by atoms with Crippen LogP contribution in [-0.4, -0.2) is 53.6 Å². The molecule has 2 heterocycles. The van der Waals surface area contributed by atoms with Crippen LogP contribution in [0.5, 0.6) is 5.75 Å². The van der Waals surface area contributed by atoms with E-state index in [9.17, 15) is 14.4 Å². The van der Waals surface area contributed by atoms with Gasteiger partial charge in [-0.05, 0) is 23.3 Å². The van der Waals surface area contributed by atoms with E-state index >= 15 is 0 Å². The van der Waals surface area contributed by atoms with Crippen LogP contribution in [0, 0.1) is 0 Å². The van der Waals surface area contributed by atoms with Crippen molar-refractivity contribution < 1.29 is 28.6 Å². The van der Waals surface area contributed by atoms with Gasteiger partial charge in [0.25, 0.3) is 11.8 Å². The third kappa shape index (κ3) is 5.24. The Hall–Kier alpha value is -4.24. The lowest BCUT2D eigenvalue weighted by molar-refractivity contribution is -0.155. The first-order valence-electron chi connectivity index (χ1n) is 12.1. The summed E-state index contributed by atoms with van der Waals surface area (Å²) in [4.78, 5) is 40.6. The van der Waals surface area contributed by atoms with E-state index in [4.69, 9.17) is 14.2 Å². The van der Waals surface area contributed by atoms with E-state index < -0.39 is 35.3 Å². The molecule has 1 saturated heterocycles. The summed E-state index contributed by atoms with van der Waals surface area (Å²) in [6.45, 7) is -0.227. The van der Waals surface area contributed by atoms with Crippen LogP contribution >= 0.6 is 11.8 Å². The summed E-state index contributed by atoms with van der Waals surface area (Å²) in [5, 5.41) is 2.27. The number of thioether (sulfide) groups is 1. The number of β-lactam (4-membered cyclic amide) rings is 1. The lowest BCUT2D eigenvalue weighted by atomic mass is 10.0. The Morgan fingerprint density at radius 2 is 1.53 bits per heavy atom. The number of hydrogen-bond donors (Lipinski definition) is 1. The third-order valence-corrected chi connectivity index (χ3v) is 7.49. The molecule has 0 aliphatic carbocycles. The predicted octanol–water partition coefficient (Wildman–Crippen LogP) is 3.66. The number of amides is 2. The van der Waals surface area contributed by atoms with Gasteiger partial charge in [0.2, 0.25) is 0 Å². The van der Waals surface area contributed by atoms with Crippen molar-refractivity contribution in [2.24, 2.45) is 0 Å². The molecule has 3 aromatic rings. The molecule has 0 bridgehead atoms. The molecule has 3 aromatic carbocycles. The number of para-hydroxylation sites is 1. The number of carbonyl (C=O) groups excluding carboxylic acids is 3. The summed E-state index contributed by atoms with van der Waals surface area (Å²) in [7, 11) is 1.46. The fraction of sp³-hybridized carbons (Fsp3) is 0.207. The van der Waals surface area contributed by atoms with Gasteiger partial charge in [0.05, 0.1) is 12.9 Å². The Morgan fingerprint density at radius 3 is 2.11 bits per heavy atom. The molecule has 2 amide bonds. The lowest BCUT2D eigenvalue weighted by Gasteiger charge is -2.49. The monoisotopic (exact) mass is 530 g/mol. The Bertz CT molecular complexity index is 1290. The van der Waals surface area contributed by atoms with Crippen molar-refractivity contribution in [2.45, 2.75) is 17.5 Å². The molecule has 8 nitrogen and oxygen atoms in total. The molecule has 9 heteroatoms. The Kier molecular flexibility index (Phi) is 7.65. The number of benzene rings is 3. The van der Waals surface area contributed by atoms with Gasteiger partial charge < -0.3 is 19.5 Å². The minimum Gasteiger partial charge on any atom is -0.498 e. The molecular formula is C29H26N2O6S. The van der Waals surface area contributed by atoms with Gasteiger partial charge in [-0.25, -0.2) is 4.79 Å². The van der Waals surface area contributed by atoms with Crippen LogP contribution in [0.3, 0.4) is 0 Å². The topological polar surface area (TPSA) is 94.2 Å². The second-order valence-electron chi connectivity index (χ2n) is 8.64. The van der Waals surface area contributed by atoms with E-state index in [0.717, 1.165) is 11.1 Å². The standard InChI is InChI=1S/C29H26N2O6S/c1-35-22-18-38-28-24(30-23(32)17-36-21-15-9-4-10-16-21)27(33)31(28)25(22)29(34)37-26(19-11-5-2-6-12-19)20-13-7-3-8-14-20/h2-16,24,26,28H,17-18H2,1H3,(H,30,32)/t24-,28-/m1/s1. The van der Waals surface area contributed by atoms with E-state index in [1.165, 1.54) is 23.8 Å². The number of hydrogen-bond acceptors (Lipinski definition) is 7. The zero-order valence-corrected chi connectivity index (χ0v) is 21.4. The molecule has 0 aromatic heterocycles. The van der Waals surface area contributed by atoms with E-state index in [1.807, 2.05) is 66.7 Å². The molecule has 0 radical (unpaired) electrons. The largest absolute Gasteiger partial charge is 0.498 e. The van der Waals surface area contributed by atoms with E-state index in [2.05, 4.69) is 5.32 Å². The molecule has 5 rings (SSSR count). The summed E-state index contributed by atoms with van der Waals surface area (Å²) < 4.78 is 17.0. The third-order valence-electron chi connectivity index (χ3n) is 6.23. The van der Waals surface area contributed by atoms with Crippen LogP contribution in [0.4, 0.5) is 0 Å². The van der Waals surface area contributed by atoms with Gasteiger partial charge >= 0.3 is 5.97 Å². The smallest absolute Gasteiger partial charge is 0.359 e. The van der Waals surface area contributed by atoms with Crippen molar-refractivity contribution in [2.75, 3.05) is 19.5 Å². The van der Waals surface area contributed by atoms with Crippen LogP contribution in [0.25, 0.3) is 0 Å². The number of fused-ring (bicyclic) bond motifs is 1.